The number of anilines is 1. The molecule has 0 bridgehead atoms. The monoisotopic (exact) mass is 367 g/mol. The first kappa shape index (κ1) is 17.3. The topological polar surface area (TPSA) is 71.5 Å². The van der Waals surface area contributed by atoms with Gasteiger partial charge in [-0.3, -0.25) is 9.59 Å². The molecular formula is C16H15F2N3O3S. The minimum atomic E-state index is -2.88. The number of thiazole rings is 1. The van der Waals surface area contributed by atoms with E-state index >= 15 is 0 Å². The molecular weight excluding hydrogens is 352 g/mol. The summed E-state index contributed by atoms with van der Waals surface area (Å²) in [6, 6.07) is 5.44. The molecule has 1 aromatic heterocycles. The van der Waals surface area contributed by atoms with Gasteiger partial charge >= 0.3 is 6.61 Å². The van der Waals surface area contributed by atoms with E-state index in [0.29, 0.717) is 18.0 Å². The molecule has 1 saturated heterocycles. The molecule has 132 valence electrons. The van der Waals surface area contributed by atoms with Gasteiger partial charge in [0.05, 0.1) is 0 Å². The lowest BCUT2D eigenvalue weighted by atomic mass is 10.1. The first-order valence-electron chi connectivity index (χ1n) is 7.56. The Hall–Kier alpha value is -2.55. The lowest BCUT2D eigenvalue weighted by Gasteiger charge is -2.23. The molecule has 2 aromatic rings. The van der Waals surface area contributed by atoms with E-state index in [4.69, 9.17) is 0 Å². The van der Waals surface area contributed by atoms with Gasteiger partial charge in [-0.2, -0.15) is 8.78 Å². The van der Waals surface area contributed by atoms with Crippen molar-refractivity contribution in [2.75, 3.05) is 5.32 Å². The second-order valence-electron chi connectivity index (χ2n) is 5.43. The van der Waals surface area contributed by atoms with Crippen LogP contribution in [0.25, 0.3) is 0 Å². The normalized spacial score (nSPS) is 17.2. The van der Waals surface area contributed by atoms with Gasteiger partial charge in [-0.25, -0.2) is 4.98 Å². The molecule has 0 spiro atoms. The standard InChI is InChI=1S/C16H15F2N3O3S/c17-15(18)24-11-3-1-10(2-4-11)9-21-12(5-6-13(21)22)14(23)20-16-19-7-8-25-16/h1-4,7-8,12,15H,5-6,9H2,(H,19,20,23)/t12-/m0/s1. The average Bonchev–Trinajstić information content (AvgIpc) is 3.19. The van der Waals surface area contributed by atoms with Crippen LogP contribution in [-0.4, -0.2) is 34.4 Å². The van der Waals surface area contributed by atoms with Crippen molar-refractivity contribution in [1.29, 1.82) is 0 Å². The van der Waals surface area contributed by atoms with Gasteiger partial charge in [0.15, 0.2) is 5.13 Å². The Morgan fingerprint density at radius 2 is 2.16 bits per heavy atom. The number of halogens is 2. The van der Waals surface area contributed by atoms with Gasteiger partial charge < -0.3 is 15.0 Å². The van der Waals surface area contributed by atoms with Crippen molar-refractivity contribution in [2.24, 2.45) is 0 Å². The maximum atomic E-state index is 12.4. The van der Waals surface area contributed by atoms with Crippen molar-refractivity contribution in [2.45, 2.75) is 32.0 Å². The number of amides is 2. The van der Waals surface area contributed by atoms with Crippen LogP contribution in [0.4, 0.5) is 13.9 Å². The SMILES string of the molecule is O=C(Nc1nccs1)[C@@H]1CCC(=O)N1Cc1ccc(OC(F)F)cc1. The molecule has 2 amide bonds. The van der Waals surface area contributed by atoms with Crippen molar-refractivity contribution in [3.05, 3.63) is 41.4 Å². The van der Waals surface area contributed by atoms with Crippen LogP contribution in [0.3, 0.4) is 0 Å². The molecule has 9 heteroatoms. The Balaban J connectivity index is 1.66. The summed E-state index contributed by atoms with van der Waals surface area (Å²) in [6.07, 6.45) is 2.31. The van der Waals surface area contributed by atoms with Gasteiger partial charge in [-0.1, -0.05) is 12.1 Å². The molecule has 1 aromatic carbocycles. The number of nitrogens with one attached hydrogen (secondary N) is 1. The van der Waals surface area contributed by atoms with E-state index in [1.165, 1.54) is 28.4 Å². The number of benzene rings is 1. The maximum Gasteiger partial charge on any atom is 0.387 e. The van der Waals surface area contributed by atoms with Crippen molar-refractivity contribution < 1.29 is 23.1 Å². The second-order valence-corrected chi connectivity index (χ2v) is 6.32. The van der Waals surface area contributed by atoms with E-state index in [-0.39, 0.29) is 24.1 Å². The number of likely N-dealkylation sites (tertiary alicyclic amines) is 1. The first-order chi connectivity index (χ1) is 12.0. The molecule has 1 atom stereocenters. The minimum absolute atomic E-state index is 0.0459. The van der Waals surface area contributed by atoms with Crippen LogP contribution in [0.5, 0.6) is 5.75 Å². The lowest BCUT2D eigenvalue weighted by Crippen LogP contribution is -2.41. The number of hydrogen-bond donors (Lipinski definition) is 1. The third-order valence-electron chi connectivity index (χ3n) is 3.79. The van der Waals surface area contributed by atoms with Gasteiger partial charge in [0.2, 0.25) is 11.8 Å². The Morgan fingerprint density at radius 1 is 1.40 bits per heavy atom. The number of carbonyl (C=O) groups is 2. The Labute approximate surface area is 146 Å². The quantitative estimate of drug-likeness (QED) is 0.852. The number of aromatic nitrogens is 1. The largest absolute Gasteiger partial charge is 0.435 e. The third-order valence-corrected chi connectivity index (χ3v) is 4.48. The van der Waals surface area contributed by atoms with Gasteiger partial charge in [-0.15, -0.1) is 11.3 Å². The van der Waals surface area contributed by atoms with E-state index in [2.05, 4.69) is 15.0 Å². The number of rotatable bonds is 6. The van der Waals surface area contributed by atoms with Crippen molar-refractivity contribution in [1.82, 2.24) is 9.88 Å². The zero-order chi connectivity index (χ0) is 17.8. The van der Waals surface area contributed by atoms with Crippen LogP contribution in [-0.2, 0) is 16.1 Å². The molecule has 3 rings (SSSR count). The Kier molecular flexibility index (Phi) is 5.22. The van der Waals surface area contributed by atoms with Crippen LogP contribution >= 0.6 is 11.3 Å². The fraction of sp³-hybridized carbons (Fsp3) is 0.312. The highest BCUT2D eigenvalue weighted by molar-refractivity contribution is 7.13. The molecule has 0 aliphatic carbocycles. The zero-order valence-corrected chi connectivity index (χ0v) is 13.8. The van der Waals surface area contributed by atoms with Crippen LogP contribution < -0.4 is 10.1 Å². The molecule has 1 aliphatic rings. The molecule has 1 aliphatic heterocycles. The highest BCUT2D eigenvalue weighted by Crippen LogP contribution is 2.24. The molecule has 6 nitrogen and oxygen atoms in total. The zero-order valence-electron chi connectivity index (χ0n) is 13.0. The Morgan fingerprint density at radius 3 is 2.80 bits per heavy atom. The summed E-state index contributed by atoms with van der Waals surface area (Å²) < 4.78 is 28.6. The van der Waals surface area contributed by atoms with E-state index < -0.39 is 12.7 Å². The van der Waals surface area contributed by atoms with Gasteiger partial charge in [0, 0.05) is 24.5 Å². The third kappa shape index (κ3) is 4.30. The predicted molar refractivity (Wildman–Crippen MR) is 87.4 cm³/mol. The molecule has 0 unspecified atom stereocenters. The smallest absolute Gasteiger partial charge is 0.387 e. The fourth-order valence-electron chi connectivity index (χ4n) is 2.65. The number of ether oxygens (including phenoxy) is 1. The fourth-order valence-corrected chi connectivity index (χ4v) is 3.18. The summed E-state index contributed by atoms with van der Waals surface area (Å²) in [6.45, 7) is -2.66. The van der Waals surface area contributed by atoms with Crippen LogP contribution in [0.1, 0.15) is 18.4 Å². The van der Waals surface area contributed by atoms with E-state index in [0.717, 1.165) is 5.56 Å². The van der Waals surface area contributed by atoms with Gasteiger partial charge in [0.1, 0.15) is 11.8 Å². The van der Waals surface area contributed by atoms with Crippen LogP contribution in [0.15, 0.2) is 35.8 Å². The predicted octanol–water partition coefficient (Wildman–Crippen LogP) is 2.87. The molecule has 25 heavy (non-hydrogen) atoms. The summed E-state index contributed by atoms with van der Waals surface area (Å²) in [7, 11) is 0. The maximum absolute atomic E-state index is 12.4. The summed E-state index contributed by atoms with van der Waals surface area (Å²) >= 11 is 1.30. The summed E-state index contributed by atoms with van der Waals surface area (Å²) in [5.74, 6) is -0.352. The van der Waals surface area contributed by atoms with E-state index in [1.54, 1.807) is 23.7 Å². The second kappa shape index (κ2) is 7.56. The summed E-state index contributed by atoms with van der Waals surface area (Å²) in [5.41, 5.74) is 0.726. The molecule has 1 fully saturated rings. The van der Waals surface area contributed by atoms with E-state index in [9.17, 15) is 18.4 Å². The summed E-state index contributed by atoms with van der Waals surface area (Å²) in [5, 5.41) is 4.93. The molecule has 2 heterocycles. The molecule has 0 saturated carbocycles. The van der Waals surface area contributed by atoms with Crippen LogP contribution in [0.2, 0.25) is 0 Å². The van der Waals surface area contributed by atoms with Gasteiger partial charge in [-0.05, 0) is 24.1 Å². The molecule has 0 radical (unpaired) electrons. The van der Waals surface area contributed by atoms with Crippen LogP contribution in [0, 0.1) is 0 Å². The molecule has 1 N–H and O–H groups in total. The Bertz CT molecular complexity index is 738. The van der Waals surface area contributed by atoms with Crippen molar-refractivity contribution in [3.8, 4) is 5.75 Å². The lowest BCUT2D eigenvalue weighted by molar-refractivity contribution is -0.133. The van der Waals surface area contributed by atoms with Crippen molar-refractivity contribution in [3.63, 3.8) is 0 Å². The number of alkyl halides is 2. The highest BCUT2D eigenvalue weighted by Gasteiger charge is 2.36. The highest BCUT2D eigenvalue weighted by atomic mass is 32.1. The average molecular weight is 367 g/mol. The minimum Gasteiger partial charge on any atom is -0.435 e. The number of nitrogens with zero attached hydrogens (tertiary/aromatic N) is 2. The first-order valence-corrected chi connectivity index (χ1v) is 8.44. The van der Waals surface area contributed by atoms with E-state index in [1.807, 2.05) is 0 Å². The summed E-state index contributed by atoms with van der Waals surface area (Å²) in [4.78, 5) is 30.0. The number of hydrogen-bond acceptors (Lipinski definition) is 5. The number of carbonyl (C=O) groups excluding carboxylic acids is 2. The van der Waals surface area contributed by atoms with Gasteiger partial charge in [0.25, 0.3) is 0 Å². The van der Waals surface area contributed by atoms with Crippen molar-refractivity contribution >= 4 is 28.3 Å².